The van der Waals surface area contributed by atoms with Gasteiger partial charge in [-0.3, -0.25) is 4.79 Å². The molecule has 0 radical (unpaired) electrons. The minimum Gasteiger partial charge on any atom is -0.465 e. The molecule has 0 spiro atoms. The lowest BCUT2D eigenvalue weighted by molar-refractivity contribution is 0.0603. The van der Waals surface area contributed by atoms with Gasteiger partial charge in [-0.1, -0.05) is 6.92 Å². The third-order valence-corrected chi connectivity index (χ3v) is 4.23. The maximum atomic E-state index is 11.9. The van der Waals surface area contributed by atoms with Crippen LogP contribution in [0.3, 0.4) is 0 Å². The first-order chi connectivity index (χ1) is 9.47. The zero-order valence-corrected chi connectivity index (χ0v) is 13.0. The predicted octanol–water partition coefficient (Wildman–Crippen LogP) is 1.79. The maximum absolute atomic E-state index is 11.9. The summed E-state index contributed by atoms with van der Waals surface area (Å²) >= 11 is 1.22. The molecule has 6 nitrogen and oxygen atoms in total. The molecule has 0 unspecified atom stereocenters. The number of esters is 1. The van der Waals surface area contributed by atoms with Crippen molar-refractivity contribution in [2.24, 2.45) is 0 Å². The van der Waals surface area contributed by atoms with Crippen molar-refractivity contribution in [1.82, 2.24) is 0 Å². The quantitative estimate of drug-likeness (QED) is 0.610. The lowest BCUT2D eigenvalue weighted by Crippen LogP contribution is -2.23. The molecule has 1 aromatic rings. The molecule has 0 bridgehead atoms. The summed E-state index contributed by atoms with van der Waals surface area (Å²) in [6.07, 6.45) is 0.340. The fourth-order valence-corrected chi connectivity index (χ4v) is 2.90. The smallest absolute Gasteiger partial charge is 0.343 e. The predicted molar refractivity (Wildman–Crippen MR) is 79.8 cm³/mol. The number of nitrogens with zero attached hydrogens (tertiary/aromatic N) is 1. The van der Waals surface area contributed by atoms with Crippen LogP contribution in [-0.4, -0.2) is 46.2 Å². The van der Waals surface area contributed by atoms with Crippen LogP contribution in [0, 0.1) is 0 Å². The number of rotatable bonds is 7. The first kappa shape index (κ1) is 16.5. The van der Waals surface area contributed by atoms with Crippen molar-refractivity contribution >= 4 is 33.8 Å². The number of anilines is 2. The summed E-state index contributed by atoms with van der Waals surface area (Å²) in [7, 11) is 4.71. The number of thiophene rings is 1. The standard InChI is InChI=1S/C13H20N2O4S/c1-5-8(16)11-10(14)9(13(17)19-4)12(20-11)15(2)6-7-18-3/h5-7,14H2,1-4H3. The summed E-state index contributed by atoms with van der Waals surface area (Å²) in [6, 6.07) is 0. The molecule has 0 saturated carbocycles. The molecule has 0 aliphatic carbocycles. The highest BCUT2D eigenvalue weighted by atomic mass is 32.1. The molecule has 0 saturated heterocycles. The summed E-state index contributed by atoms with van der Waals surface area (Å²) in [6.45, 7) is 2.85. The van der Waals surface area contributed by atoms with Crippen molar-refractivity contribution in [3.8, 4) is 0 Å². The van der Waals surface area contributed by atoms with Crippen LogP contribution in [0.15, 0.2) is 0 Å². The molecule has 2 N–H and O–H groups in total. The molecular formula is C13H20N2O4S. The second kappa shape index (κ2) is 7.25. The molecule has 1 rings (SSSR count). The highest BCUT2D eigenvalue weighted by Gasteiger charge is 2.27. The van der Waals surface area contributed by atoms with E-state index < -0.39 is 5.97 Å². The van der Waals surface area contributed by atoms with E-state index in [-0.39, 0.29) is 17.0 Å². The van der Waals surface area contributed by atoms with Crippen LogP contribution in [0.25, 0.3) is 0 Å². The van der Waals surface area contributed by atoms with E-state index in [1.54, 1.807) is 14.0 Å². The molecule has 7 heteroatoms. The van der Waals surface area contributed by atoms with E-state index in [2.05, 4.69) is 0 Å². The normalized spacial score (nSPS) is 10.4. The molecule has 112 valence electrons. The van der Waals surface area contributed by atoms with E-state index in [1.807, 2.05) is 11.9 Å². The second-order valence-electron chi connectivity index (χ2n) is 4.21. The number of nitrogen functional groups attached to an aromatic ring is 1. The number of ketones is 1. The van der Waals surface area contributed by atoms with Gasteiger partial charge in [0.25, 0.3) is 0 Å². The van der Waals surface area contributed by atoms with E-state index in [9.17, 15) is 9.59 Å². The zero-order valence-electron chi connectivity index (χ0n) is 12.2. The molecule has 0 aromatic carbocycles. The summed E-state index contributed by atoms with van der Waals surface area (Å²) in [5, 5.41) is 0.628. The Morgan fingerprint density at radius 3 is 2.50 bits per heavy atom. The molecule has 0 aliphatic heterocycles. The van der Waals surface area contributed by atoms with Gasteiger partial charge in [0.1, 0.15) is 10.6 Å². The van der Waals surface area contributed by atoms with Crippen molar-refractivity contribution in [1.29, 1.82) is 0 Å². The van der Waals surface area contributed by atoms with Gasteiger partial charge in [-0.15, -0.1) is 11.3 Å². The summed E-state index contributed by atoms with van der Waals surface area (Å²) in [4.78, 5) is 26.0. The van der Waals surface area contributed by atoms with Crippen molar-refractivity contribution in [3.05, 3.63) is 10.4 Å². The first-order valence-corrected chi connectivity index (χ1v) is 7.03. The second-order valence-corrected chi connectivity index (χ2v) is 5.21. The van der Waals surface area contributed by atoms with Crippen molar-refractivity contribution < 1.29 is 19.1 Å². The van der Waals surface area contributed by atoms with Crippen LogP contribution in [0.1, 0.15) is 33.4 Å². The van der Waals surface area contributed by atoms with Gasteiger partial charge in [-0.25, -0.2) is 4.79 Å². The Morgan fingerprint density at radius 2 is 2.00 bits per heavy atom. The van der Waals surface area contributed by atoms with E-state index in [1.165, 1.54) is 18.4 Å². The number of hydrogen-bond donors (Lipinski definition) is 1. The molecule has 1 heterocycles. The van der Waals surface area contributed by atoms with Crippen LogP contribution in [0.4, 0.5) is 10.7 Å². The summed E-state index contributed by atoms with van der Waals surface area (Å²) < 4.78 is 9.77. The number of ether oxygens (including phenoxy) is 2. The van der Waals surface area contributed by atoms with Gasteiger partial charge in [-0.05, 0) is 0 Å². The highest BCUT2D eigenvalue weighted by molar-refractivity contribution is 7.19. The molecule has 0 amide bonds. The van der Waals surface area contributed by atoms with Crippen LogP contribution in [0.5, 0.6) is 0 Å². The lowest BCUT2D eigenvalue weighted by atomic mass is 10.1. The van der Waals surface area contributed by atoms with E-state index in [0.29, 0.717) is 29.5 Å². The molecule has 1 aromatic heterocycles. The first-order valence-electron chi connectivity index (χ1n) is 6.21. The minimum atomic E-state index is -0.534. The van der Waals surface area contributed by atoms with Crippen LogP contribution < -0.4 is 10.6 Å². The summed E-state index contributed by atoms with van der Waals surface area (Å²) in [5.41, 5.74) is 6.41. The Bertz CT molecular complexity index is 499. The van der Waals surface area contributed by atoms with Gasteiger partial charge < -0.3 is 20.1 Å². The fraction of sp³-hybridized carbons (Fsp3) is 0.538. The summed E-state index contributed by atoms with van der Waals surface area (Å²) in [5.74, 6) is -0.614. The number of carbonyl (C=O) groups is 2. The Hall–Kier alpha value is -1.60. The Labute approximate surface area is 122 Å². The molecule has 0 aliphatic rings. The molecular weight excluding hydrogens is 280 g/mol. The number of hydrogen-bond acceptors (Lipinski definition) is 7. The van der Waals surface area contributed by atoms with E-state index in [4.69, 9.17) is 15.2 Å². The van der Waals surface area contributed by atoms with Crippen molar-refractivity contribution in [3.63, 3.8) is 0 Å². The number of carbonyl (C=O) groups excluding carboxylic acids is 2. The monoisotopic (exact) mass is 300 g/mol. The maximum Gasteiger partial charge on any atom is 0.343 e. The van der Waals surface area contributed by atoms with Crippen molar-refractivity contribution in [2.45, 2.75) is 13.3 Å². The largest absolute Gasteiger partial charge is 0.465 e. The zero-order chi connectivity index (χ0) is 15.3. The van der Waals surface area contributed by atoms with Gasteiger partial charge >= 0.3 is 5.97 Å². The van der Waals surface area contributed by atoms with Gasteiger partial charge in [0.05, 0.1) is 24.3 Å². The topological polar surface area (TPSA) is 81.9 Å². The van der Waals surface area contributed by atoms with Crippen LogP contribution in [0.2, 0.25) is 0 Å². The fourth-order valence-electron chi connectivity index (χ4n) is 1.70. The van der Waals surface area contributed by atoms with Gasteiger partial charge in [0.15, 0.2) is 5.78 Å². The minimum absolute atomic E-state index is 0.0796. The molecule has 20 heavy (non-hydrogen) atoms. The highest BCUT2D eigenvalue weighted by Crippen LogP contribution is 2.38. The Morgan fingerprint density at radius 1 is 1.35 bits per heavy atom. The lowest BCUT2D eigenvalue weighted by Gasteiger charge is -2.18. The molecule has 0 fully saturated rings. The average molecular weight is 300 g/mol. The number of methoxy groups -OCH3 is 2. The van der Waals surface area contributed by atoms with Crippen LogP contribution in [-0.2, 0) is 9.47 Å². The van der Waals surface area contributed by atoms with E-state index >= 15 is 0 Å². The van der Waals surface area contributed by atoms with E-state index in [0.717, 1.165) is 0 Å². The van der Waals surface area contributed by atoms with Crippen LogP contribution >= 0.6 is 11.3 Å². The SMILES string of the molecule is CCC(=O)c1sc(N(C)CCOC)c(C(=O)OC)c1N. The van der Waals surface area contributed by atoms with Crippen molar-refractivity contribution in [2.75, 3.05) is 45.1 Å². The Kier molecular flexibility index (Phi) is 5.97. The average Bonchev–Trinajstić information content (AvgIpc) is 2.80. The molecule has 0 atom stereocenters. The number of nitrogens with two attached hydrogens (primary N) is 1. The number of Topliss-reactive ketones (excluding diaryl/α,β-unsaturated/α-hetero) is 1. The third-order valence-electron chi connectivity index (χ3n) is 2.87. The van der Waals surface area contributed by atoms with Gasteiger partial charge in [0.2, 0.25) is 0 Å². The third kappa shape index (κ3) is 3.29. The Balaban J connectivity index is 3.26. The van der Waals surface area contributed by atoms with Gasteiger partial charge in [0, 0.05) is 27.1 Å². The number of likely N-dealkylation sites (N-methyl/N-ethyl adjacent to an activating group) is 1. The van der Waals surface area contributed by atoms with Gasteiger partial charge in [-0.2, -0.15) is 0 Å².